The maximum Gasteiger partial charge on any atom is 0.410 e. The average Bonchev–Trinajstić information content (AvgIpc) is 3.79. The van der Waals surface area contributed by atoms with Gasteiger partial charge in [0.05, 0.1) is 30.2 Å². The fourth-order valence-corrected chi connectivity index (χ4v) is 9.40. The van der Waals surface area contributed by atoms with Crippen molar-refractivity contribution in [1.29, 1.82) is 0 Å². The van der Waals surface area contributed by atoms with Crippen LogP contribution in [0.1, 0.15) is 97.5 Å². The number of fused-ring (bicyclic) bond motifs is 9. The Morgan fingerprint density at radius 3 is 2.80 bits per heavy atom. The third kappa shape index (κ3) is 5.31. The van der Waals surface area contributed by atoms with Gasteiger partial charge in [-0.15, -0.1) is 11.3 Å². The third-order valence-corrected chi connectivity index (χ3v) is 12.1. The van der Waals surface area contributed by atoms with E-state index >= 15 is 0 Å². The number of hydrogen-bond donors (Lipinski definition) is 1. The molecule has 2 aromatic carbocycles. The first kappa shape index (κ1) is 29.7. The van der Waals surface area contributed by atoms with Gasteiger partial charge in [0.2, 0.25) is 5.78 Å². The highest BCUT2D eigenvalue weighted by Crippen LogP contribution is 2.61. The molecule has 7 heteroatoms. The first-order valence-corrected chi connectivity index (χ1v) is 17.2. The van der Waals surface area contributed by atoms with Crippen LogP contribution in [0.3, 0.4) is 0 Å². The van der Waals surface area contributed by atoms with Crippen molar-refractivity contribution in [3.63, 3.8) is 0 Å². The van der Waals surface area contributed by atoms with Gasteiger partial charge >= 0.3 is 6.09 Å². The predicted octanol–water partition coefficient (Wildman–Crippen LogP) is 7.81. The maximum atomic E-state index is 14.4. The second-order valence-electron chi connectivity index (χ2n) is 13.8. The molecule has 5 aliphatic rings. The zero-order valence-corrected chi connectivity index (χ0v) is 26.7. The smallest absolute Gasteiger partial charge is 0.410 e. The lowest BCUT2D eigenvalue weighted by atomic mass is 9.65. The van der Waals surface area contributed by atoms with Crippen molar-refractivity contribution in [3.8, 4) is 0 Å². The molecule has 3 aliphatic carbocycles. The number of amides is 1. The summed E-state index contributed by atoms with van der Waals surface area (Å²) in [4.78, 5) is 30.4. The normalized spacial score (nSPS) is 30.9. The summed E-state index contributed by atoms with van der Waals surface area (Å²) in [6, 6.07) is 16.4. The van der Waals surface area contributed by atoms with Crippen molar-refractivity contribution < 1.29 is 24.2 Å². The Balaban J connectivity index is 1.30. The molecule has 1 amide bonds. The Morgan fingerprint density at radius 1 is 1.11 bits per heavy atom. The highest BCUT2D eigenvalue weighted by atomic mass is 32.1. The average molecular weight is 614 g/mol. The van der Waals surface area contributed by atoms with Gasteiger partial charge in [-0.05, 0) is 105 Å². The number of thiophene rings is 1. The number of hydrogen-bond acceptors (Lipinski definition) is 6. The minimum Gasteiger partial charge on any atom is -0.440 e. The summed E-state index contributed by atoms with van der Waals surface area (Å²) in [6.07, 6.45) is 9.04. The summed E-state index contributed by atoms with van der Waals surface area (Å²) in [5.41, 5.74) is 3.03. The van der Waals surface area contributed by atoms with Crippen LogP contribution in [0.25, 0.3) is 10.1 Å². The Kier molecular flexibility index (Phi) is 7.92. The molecule has 0 radical (unpaired) electrons. The number of ketones is 1. The van der Waals surface area contributed by atoms with E-state index in [1.165, 1.54) is 16.9 Å². The van der Waals surface area contributed by atoms with Gasteiger partial charge in [0.15, 0.2) is 0 Å². The highest BCUT2D eigenvalue weighted by Gasteiger charge is 2.64. The molecule has 3 fully saturated rings. The van der Waals surface area contributed by atoms with Crippen molar-refractivity contribution >= 4 is 33.3 Å². The van der Waals surface area contributed by atoms with Gasteiger partial charge < -0.3 is 19.5 Å². The van der Waals surface area contributed by atoms with E-state index in [2.05, 4.69) is 44.2 Å². The molecule has 6 nitrogen and oxygen atoms in total. The van der Waals surface area contributed by atoms with Crippen molar-refractivity contribution in [1.82, 2.24) is 4.90 Å². The van der Waals surface area contributed by atoms with Crippen LogP contribution in [0.15, 0.2) is 60.2 Å². The molecule has 2 saturated heterocycles. The van der Waals surface area contributed by atoms with Crippen LogP contribution < -0.4 is 0 Å². The molecule has 1 N–H and O–H groups in total. The lowest BCUT2D eigenvalue weighted by Gasteiger charge is -2.43. The van der Waals surface area contributed by atoms with Crippen LogP contribution in [-0.2, 0) is 15.9 Å². The molecule has 3 heterocycles. The van der Waals surface area contributed by atoms with Gasteiger partial charge in [-0.25, -0.2) is 4.79 Å². The molecular weight excluding hydrogens is 570 g/mol. The standard InChI is InChI=1S/C37H43NO5S/c1-24-7-5-16-36(2)31(15-17-37(36)23-38(35(41)43-37)22-28-9-6-18-42-28)29-14-12-25(19-27(39)13-11-24)20-30(29)34(40)33-21-26-8-3-4-10-32(26)44-33/h3-4,7-8,10,12,14,20-21,27-28,31,39H,5-6,9,11,13,15-19,22-23H2,1-2H3. The van der Waals surface area contributed by atoms with Crippen molar-refractivity contribution in [2.75, 3.05) is 19.7 Å². The summed E-state index contributed by atoms with van der Waals surface area (Å²) in [5.74, 6) is 0.0778. The quantitative estimate of drug-likeness (QED) is 0.240. The predicted molar refractivity (Wildman–Crippen MR) is 173 cm³/mol. The number of allylic oxidation sites excluding steroid dienone is 2. The Labute approximate surface area is 264 Å². The van der Waals surface area contributed by atoms with Crippen molar-refractivity contribution in [2.45, 2.75) is 95.4 Å². The van der Waals surface area contributed by atoms with E-state index in [0.717, 1.165) is 83.2 Å². The summed E-state index contributed by atoms with van der Waals surface area (Å²) < 4.78 is 13.5. The Hall–Kier alpha value is -3.00. The van der Waals surface area contributed by atoms with Crippen LogP contribution in [0.4, 0.5) is 4.79 Å². The van der Waals surface area contributed by atoms with Crippen LogP contribution in [0, 0.1) is 5.41 Å². The largest absolute Gasteiger partial charge is 0.440 e. The SMILES string of the molecule is CC1=CCCC2(C)C(CCC23CN(CC2CCCO2)C(=O)O3)c2ccc(cc2C(=O)c2cc3ccccc3s2)CC(O)CC1. The van der Waals surface area contributed by atoms with Gasteiger partial charge in [-0.3, -0.25) is 4.79 Å². The number of aliphatic hydroxyl groups excluding tert-OH is 1. The lowest BCUT2D eigenvalue weighted by Crippen LogP contribution is -2.48. The lowest BCUT2D eigenvalue weighted by molar-refractivity contribution is -0.0374. The van der Waals surface area contributed by atoms with Gasteiger partial charge in [-0.1, -0.05) is 48.9 Å². The molecule has 44 heavy (non-hydrogen) atoms. The van der Waals surface area contributed by atoms with Crippen molar-refractivity contribution in [3.05, 3.63) is 81.7 Å². The second-order valence-corrected chi connectivity index (χ2v) is 14.9. The number of carbonyl (C=O) groups excluding carboxylic acids is 2. The first-order chi connectivity index (χ1) is 21.2. The first-order valence-electron chi connectivity index (χ1n) is 16.3. The Morgan fingerprint density at radius 2 is 1.98 bits per heavy atom. The van der Waals surface area contributed by atoms with E-state index in [-0.39, 0.29) is 29.3 Å². The third-order valence-electron chi connectivity index (χ3n) is 11.0. The van der Waals surface area contributed by atoms with Crippen LogP contribution in [0.5, 0.6) is 0 Å². The number of ether oxygens (including phenoxy) is 2. The molecule has 1 aromatic heterocycles. The number of carbonyl (C=O) groups is 2. The van der Waals surface area contributed by atoms with E-state index in [1.807, 2.05) is 29.2 Å². The molecule has 1 saturated carbocycles. The minimum atomic E-state index is -0.626. The molecule has 5 atom stereocenters. The van der Waals surface area contributed by atoms with Crippen LogP contribution >= 0.6 is 11.3 Å². The highest BCUT2D eigenvalue weighted by molar-refractivity contribution is 7.21. The summed E-state index contributed by atoms with van der Waals surface area (Å²) in [5, 5.41) is 12.0. The van der Waals surface area contributed by atoms with Gasteiger partial charge in [-0.2, -0.15) is 0 Å². The molecule has 2 bridgehead atoms. The zero-order chi connectivity index (χ0) is 30.5. The van der Waals surface area contributed by atoms with E-state index in [4.69, 9.17) is 9.47 Å². The maximum absolute atomic E-state index is 14.4. The summed E-state index contributed by atoms with van der Waals surface area (Å²) in [7, 11) is 0. The molecule has 232 valence electrons. The summed E-state index contributed by atoms with van der Waals surface area (Å²) in [6.45, 7) is 6.34. The molecule has 5 unspecified atom stereocenters. The number of nitrogens with zero attached hydrogens (tertiary/aromatic N) is 1. The molecule has 2 aliphatic heterocycles. The number of rotatable bonds is 4. The second kappa shape index (κ2) is 11.7. The van der Waals surface area contributed by atoms with Gasteiger partial charge in [0, 0.05) is 22.3 Å². The van der Waals surface area contributed by atoms with Gasteiger partial charge in [0.25, 0.3) is 0 Å². The molecule has 3 aromatic rings. The fraction of sp³-hybridized carbons (Fsp3) is 0.514. The molecule has 8 rings (SSSR count). The van der Waals surface area contributed by atoms with E-state index in [9.17, 15) is 14.7 Å². The molecule has 1 spiro atoms. The monoisotopic (exact) mass is 613 g/mol. The van der Waals surface area contributed by atoms with E-state index in [1.54, 1.807) is 0 Å². The minimum absolute atomic E-state index is 0.0344. The zero-order valence-electron chi connectivity index (χ0n) is 25.8. The van der Waals surface area contributed by atoms with E-state index < -0.39 is 11.7 Å². The van der Waals surface area contributed by atoms with Gasteiger partial charge in [0.1, 0.15) is 5.60 Å². The van der Waals surface area contributed by atoms with Crippen LogP contribution in [-0.4, -0.2) is 59.4 Å². The molecular formula is C37H43NO5S. The summed E-state index contributed by atoms with van der Waals surface area (Å²) >= 11 is 1.54. The Bertz CT molecular complexity index is 1570. The number of benzene rings is 2. The fourth-order valence-electron chi connectivity index (χ4n) is 8.38. The van der Waals surface area contributed by atoms with E-state index in [0.29, 0.717) is 25.9 Å². The number of aliphatic hydroxyl groups is 1. The topological polar surface area (TPSA) is 76.1 Å². The van der Waals surface area contributed by atoms with Crippen LogP contribution in [0.2, 0.25) is 0 Å². The van der Waals surface area contributed by atoms with Crippen molar-refractivity contribution in [2.24, 2.45) is 5.41 Å².